The highest BCUT2D eigenvalue weighted by atomic mass is 19.3. The molecule has 0 spiro atoms. The van der Waals surface area contributed by atoms with Crippen molar-refractivity contribution in [1.82, 2.24) is 4.90 Å². The molecule has 0 fully saturated rings. The standard InChI is InChI=1S/C21H22F3N3O2/c1-3-4-11-28-18-12-15(7-10-17(18)22)21(13-27(2)20(25)26-21)14-5-8-16(9-6-14)29-19(23)24/h3,5-10,12,19H,1,4,11,13H2,2H3,(H2,25,26). The Morgan fingerprint density at radius 2 is 1.93 bits per heavy atom. The van der Waals surface area contributed by atoms with Crippen LogP contribution in [0.2, 0.25) is 0 Å². The van der Waals surface area contributed by atoms with Crippen LogP contribution < -0.4 is 15.2 Å². The van der Waals surface area contributed by atoms with Gasteiger partial charge >= 0.3 is 6.61 Å². The molecule has 0 aliphatic carbocycles. The maximum absolute atomic E-state index is 14.2. The van der Waals surface area contributed by atoms with Crippen LogP contribution in [0.5, 0.6) is 11.5 Å². The molecule has 0 bridgehead atoms. The van der Waals surface area contributed by atoms with E-state index in [9.17, 15) is 13.2 Å². The molecule has 1 atom stereocenters. The van der Waals surface area contributed by atoms with E-state index in [-0.39, 0.29) is 11.5 Å². The molecule has 0 amide bonds. The van der Waals surface area contributed by atoms with Crippen LogP contribution in [-0.2, 0) is 5.54 Å². The Morgan fingerprint density at radius 1 is 1.24 bits per heavy atom. The number of alkyl halides is 2. The molecule has 1 aliphatic heterocycles. The lowest BCUT2D eigenvalue weighted by Gasteiger charge is -2.28. The summed E-state index contributed by atoms with van der Waals surface area (Å²) in [7, 11) is 1.79. The predicted octanol–water partition coefficient (Wildman–Crippen LogP) is 3.89. The number of rotatable bonds is 8. The minimum Gasteiger partial charge on any atom is -0.490 e. The molecular weight excluding hydrogens is 383 g/mol. The summed E-state index contributed by atoms with van der Waals surface area (Å²) in [5.41, 5.74) is 6.46. The van der Waals surface area contributed by atoms with Gasteiger partial charge in [0, 0.05) is 7.05 Å². The van der Waals surface area contributed by atoms with Crippen LogP contribution in [0, 0.1) is 5.82 Å². The Labute approximate surface area is 167 Å². The number of aliphatic imine (C=N–C) groups is 1. The molecule has 0 saturated heterocycles. The minimum atomic E-state index is -2.91. The van der Waals surface area contributed by atoms with Crippen LogP contribution in [0.25, 0.3) is 0 Å². The third-order valence-corrected chi connectivity index (χ3v) is 4.71. The fourth-order valence-electron chi connectivity index (χ4n) is 3.25. The Bertz CT molecular complexity index is 903. The van der Waals surface area contributed by atoms with Crippen molar-refractivity contribution in [3.05, 3.63) is 72.1 Å². The number of likely N-dealkylation sites (N-methyl/N-ethyl adjacent to an activating group) is 1. The molecule has 2 N–H and O–H groups in total. The molecular formula is C21H22F3N3O2. The van der Waals surface area contributed by atoms with Crippen molar-refractivity contribution in [3.63, 3.8) is 0 Å². The highest BCUT2D eigenvalue weighted by Gasteiger charge is 2.41. The molecule has 0 aromatic heterocycles. The van der Waals surface area contributed by atoms with Gasteiger partial charge in [-0.15, -0.1) is 6.58 Å². The monoisotopic (exact) mass is 405 g/mol. The first-order chi connectivity index (χ1) is 13.9. The van der Waals surface area contributed by atoms with Crippen molar-refractivity contribution in [2.45, 2.75) is 18.6 Å². The van der Waals surface area contributed by atoms with Crippen molar-refractivity contribution < 1.29 is 22.6 Å². The molecule has 3 rings (SSSR count). The summed E-state index contributed by atoms with van der Waals surface area (Å²) in [5, 5.41) is 0. The number of halogens is 3. The number of hydrogen-bond donors (Lipinski definition) is 1. The SMILES string of the molecule is C=CCCOc1cc(C2(c3ccc(OC(F)F)cc3)CN(C)C(N)=N2)ccc1F. The van der Waals surface area contributed by atoms with Crippen molar-refractivity contribution in [3.8, 4) is 11.5 Å². The van der Waals surface area contributed by atoms with Crippen molar-refractivity contribution >= 4 is 5.96 Å². The predicted molar refractivity (Wildman–Crippen MR) is 105 cm³/mol. The molecule has 2 aromatic carbocycles. The molecule has 0 saturated carbocycles. The topological polar surface area (TPSA) is 60.1 Å². The van der Waals surface area contributed by atoms with Gasteiger partial charge in [0.15, 0.2) is 17.5 Å². The van der Waals surface area contributed by atoms with Gasteiger partial charge < -0.3 is 20.1 Å². The third kappa shape index (κ3) is 4.31. The van der Waals surface area contributed by atoms with E-state index < -0.39 is 18.0 Å². The summed E-state index contributed by atoms with van der Waals surface area (Å²) < 4.78 is 49.1. The highest BCUT2D eigenvalue weighted by Crippen LogP contribution is 2.40. The van der Waals surface area contributed by atoms with Crippen LogP contribution in [-0.4, -0.2) is 37.7 Å². The average Bonchev–Trinajstić information content (AvgIpc) is 2.99. The summed E-state index contributed by atoms with van der Waals surface area (Å²) in [6.07, 6.45) is 2.26. The highest BCUT2D eigenvalue weighted by molar-refractivity contribution is 5.81. The van der Waals surface area contributed by atoms with Gasteiger partial charge in [0.2, 0.25) is 0 Å². The normalized spacial score (nSPS) is 18.7. The first-order valence-corrected chi connectivity index (χ1v) is 9.01. The molecule has 8 heteroatoms. The largest absolute Gasteiger partial charge is 0.490 e. The third-order valence-electron chi connectivity index (χ3n) is 4.71. The molecule has 0 radical (unpaired) electrons. The zero-order chi connectivity index (χ0) is 21.0. The molecule has 29 heavy (non-hydrogen) atoms. The van der Waals surface area contributed by atoms with E-state index in [1.54, 1.807) is 42.3 Å². The molecule has 2 aromatic rings. The summed E-state index contributed by atoms with van der Waals surface area (Å²) in [6.45, 7) is 1.40. The number of nitrogens with two attached hydrogens (primary N) is 1. The number of hydrogen-bond acceptors (Lipinski definition) is 5. The Morgan fingerprint density at radius 3 is 2.52 bits per heavy atom. The first-order valence-electron chi connectivity index (χ1n) is 9.01. The van der Waals surface area contributed by atoms with Crippen molar-refractivity contribution in [2.75, 3.05) is 20.2 Å². The number of benzene rings is 2. The number of ether oxygens (including phenoxy) is 2. The summed E-state index contributed by atoms with van der Waals surface area (Å²) >= 11 is 0. The maximum Gasteiger partial charge on any atom is 0.387 e. The van der Waals surface area contributed by atoms with Gasteiger partial charge in [-0.2, -0.15) is 8.78 Å². The Hall–Kier alpha value is -3.16. The van der Waals surface area contributed by atoms with Gasteiger partial charge in [-0.1, -0.05) is 24.3 Å². The maximum atomic E-state index is 14.2. The quantitative estimate of drug-likeness (QED) is 0.535. The van der Waals surface area contributed by atoms with E-state index in [1.165, 1.54) is 18.2 Å². The number of guanidine groups is 1. The minimum absolute atomic E-state index is 0.0368. The second kappa shape index (κ2) is 8.46. The van der Waals surface area contributed by atoms with E-state index in [2.05, 4.69) is 16.3 Å². The second-order valence-corrected chi connectivity index (χ2v) is 6.66. The lowest BCUT2D eigenvalue weighted by Crippen LogP contribution is -2.34. The van der Waals surface area contributed by atoms with Gasteiger partial charge in [-0.05, 0) is 41.8 Å². The van der Waals surface area contributed by atoms with Crippen LogP contribution >= 0.6 is 0 Å². The summed E-state index contributed by atoms with van der Waals surface area (Å²) in [4.78, 5) is 6.41. The molecule has 5 nitrogen and oxygen atoms in total. The smallest absolute Gasteiger partial charge is 0.387 e. The Balaban J connectivity index is 2.02. The van der Waals surface area contributed by atoms with Gasteiger partial charge in [0.1, 0.15) is 11.3 Å². The molecule has 1 aliphatic rings. The fourth-order valence-corrected chi connectivity index (χ4v) is 3.25. The van der Waals surface area contributed by atoms with E-state index in [0.717, 1.165) is 0 Å². The Kier molecular flexibility index (Phi) is 6.00. The summed E-state index contributed by atoms with van der Waals surface area (Å²) in [5.74, 6) is -0.0345. The van der Waals surface area contributed by atoms with Crippen LogP contribution in [0.1, 0.15) is 17.5 Å². The molecule has 1 heterocycles. The molecule has 154 valence electrons. The van der Waals surface area contributed by atoms with Crippen molar-refractivity contribution in [2.24, 2.45) is 10.7 Å². The van der Waals surface area contributed by atoms with Gasteiger partial charge in [0.25, 0.3) is 0 Å². The van der Waals surface area contributed by atoms with Crippen LogP contribution in [0.4, 0.5) is 13.2 Å². The van der Waals surface area contributed by atoms with Crippen molar-refractivity contribution in [1.29, 1.82) is 0 Å². The van der Waals surface area contributed by atoms with E-state index in [0.29, 0.717) is 36.7 Å². The zero-order valence-electron chi connectivity index (χ0n) is 15.9. The molecule has 1 unspecified atom stereocenters. The first kappa shape index (κ1) is 20.6. The zero-order valence-corrected chi connectivity index (χ0v) is 15.9. The fraction of sp³-hybridized carbons (Fsp3) is 0.286. The lowest BCUT2D eigenvalue weighted by molar-refractivity contribution is -0.0498. The van der Waals surface area contributed by atoms with Gasteiger partial charge in [-0.25, -0.2) is 9.38 Å². The number of nitrogens with zero attached hydrogens (tertiary/aromatic N) is 2. The van der Waals surface area contributed by atoms with Gasteiger partial charge in [-0.3, -0.25) is 0 Å². The van der Waals surface area contributed by atoms with E-state index in [1.807, 2.05) is 0 Å². The van der Waals surface area contributed by atoms with Crippen LogP contribution in [0.3, 0.4) is 0 Å². The van der Waals surface area contributed by atoms with E-state index in [4.69, 9.17) is 10.5 Å². The van der Waals surface area contributed by atoms with E-state index >= 15 is 0 Å². The average molecular weight is 405 g/mol. The van der Waals surface area contributed by atoms with Crippen LogP contribution in [0.15, 0.2) is 60.1 Å². The second-order valence-electron chi connectivity index (χ2n) is 6.66. The lowest BCUT2D eigenvalue weighted by atomic mass is 9.83. The summed E-state index contributed by atoms with van der Waals surface area (Å²) in [6, 6.07) is 10.7. The van der Waals surface area contributed by atoms with Gasteiger partial charge in [0.05, 0.1) is 13.2 Å².